The van der Waals surface area contributed by atoms with Crippen LogP contribution in [0.1, 0.15) is 63.5 Å². The molecular formula is C17H26N2O. The number of benzene rings is 1. The van der Waals surface area contributed by atoms with Crippen LogP contribution in [-0.2, 0) is 4.79 Å². The van der Waals surface area contributed by atoms with E-state index in [2.05, 4.69) is 5.32 Å². The monoisotopic (exact) mass is 274 g/mol. The summed E-state index contributed by atoms with van der Waals surface area (Å²) < 4.78 is 0. The highest BCUT2D eigenvalue weighted by atomic mass is 16.1. The minimum Gasteiger partial charge on any atom is -0.399 e. The number of nitrogens with one attached hydrogen (secondary N) is 1. The van der Waals surface area contributed by atoms with Crippen molar-refractivity contribution in [2.45, 2.75) is 57.9 Å². The lowest BCUT2D eigenvalue weighted by atomic mass is 9.90. The maximum Gasteiger partial charge on any atom is 0.223 e. The zero-order valence-corrected chi connectivity index (χ0v) is 12.4. The smallest absolute Gasteiger partial charge is 0.223 e. The Labute approximate surface area is 121 Å². The number of hydrogen-bond acceptors (Lipinski definition) is 2. The number of hydrogen-bond donors (Lipinski definition) is 2. The third-order valence-corrected chi connectivity index (χ3v) is 4.25. The summed E-state index contributed by atoms with van der Waals surface area (Å²) in [5.41, 5.74) is 7.61. The van der Waals surface area contributed by atoms with Crippen LogP contribution < -0.4 is 11.1 Å². The molecule has 20 heavy (non-hydrogen) atoms. The first-order valence-corrected chi connectivity index (χ1v) is 7.82. The molecule has 1 fully saturated rings. The zero-order chi connectivity index (χ0) is 14.4. The van der Waals surface area contributed by atoms with Gasteiger partial charge in [0.2, 0.25) is 5.91 Å². The molecule has 1 aliphatic rings. The topological polar surface area (TPSA) is 55.1 Å². The SMILES string of the molecule is CC(NC(=O)C1CCCCCCC1)c1cccc(N)c1. The Kier molecular flexibility index (Phi) is 5.45. The molecule has 0 radical (unpaired) electrons. The number of nitrogens with two attached hydrogens (primary N) is 1. The van der Waals surface area contributed by atoms with E-state index in [9.17, 15) is 4.79 Å². The average molecular weight is 274 g/mol. The Morgan fingerprint density at radius 2 is 1.85 bits per heavy atom. The molecule has 0 spiro atoms. The third kappa shape index (κ3) is 4.26. The Morgan fingerprint density at radius 1 is 1.20 bits per heavy atom. The molecule has 0 heterocycles. The molecule has 0 saturated heterocycles. The van der Waals surface area contributed by atoms with E-state index in [0.717, 1.165) is 24.1 Å². The molecule has 1 amide bonds. The van der Waals surface area contributed by atoms with Gasteiger partial charge in [-0.3, -0.25) is 4.79 Å². The van der Waals surface area contributed by atoms with E-state index in [1.807, 2.05) is 31.2 Å². The van der Waals surface area contributed by atoms with Gasteiger partial charge in [-0.05, 0) is 37.5 Å². The summed E-state index contributed by atoms with van der Waals surface area (Å²) in [6, 6.07) is 7.77. The largest absolute Gasteiger partial charge is 0.399 e. The van der Waals surface area contributed by atoms with E-state index in [1.165, 1.54) is 32.1 Å². The minimum atomic E-state index is 0.0245. The summed E-state index contributed by atoms with van der Waals surface area (Å²) in [5, 5.41) is 3.15. The Balaban J connectivity index is 1.92. The second-order valence-corrected chi connectivity index (χ2v) is 5.94. The van der Waals surface area contributed by atoms with Crippen LogP contribution >= 0.6 is 0 Å². The molecule has 1 aromatic carbocycles. The summed E-state index contributed by atoms with van der Waals surface area (Å²) in [6.45, 7) is 2.02. The molecule has 1 aliphatic carbocycles. The minimum absolute atomic E-state index is 0.0245. The van der Waals surface area contributed by atoms with Gasteiger partial charge < -0.3 is 11.1 Å². The highest BCUT2D eigenvalue weighted by Gasteiger charge is 2.21. The zero-order valence-electron chi connectivity index (χ0n) is 12.4. The van der Waals surface area contributed by atoms with Crippen molar-refractivity contribution >= 4 is 11.6 Å². The lowest BCUT2D eigenvalue weighted by molar-refractivity contribution is -0.126. The van der Waals surface area contributed by atoms with Crippen LogP contribution in [-0.4, -0.2) is 5.91 Å². The van der Waals surface area contributed by atoms with E-state index in [-0.39, 0.29) is 17.9 Å². The number of rotatable bonds is 3. The maximum absolute atomic E-state index is 12.4. The molecular weight excluding hydrogens is 248 g/mol. The highest BCUT2D eigenvalue weighted by molar-refractivity contribution is 5.79. The summed E-state index contributed by atoms with van der Waals surface area (Å²) in [5.74, 6) is 0.403. The maximum atomic E-state index is 12.4. The van der Waals surface area contributed by atoms with Crippen molar-refractivity contribution in [1.29, 1.82) is 0 Å². The molecule has 3 N–H and O–H groups in total. The molecule has 1 atom stereocenters. The lowest BCUT2D eigenvalue weighted by Gasteiger charge is -2.22. The van der Waals surface area contributed by atoms with E-state index in [1.54, 1.807) is 0 Å². The van der Waals surface area contributed by atoms with Crippen LogP contribution in [0, 0.1) is 5.92 Å². The molecule has 1 unspecified atom stereocenters. The van der Waals surface area contributed by atoms with E-state index in [4.69, 9.17) is 5.73 Å². The third-order valence-electron chi connectivity index (χ3n) is 4.25. The summed E-state index contributed by atoms with van der Waals surface area (Å²) in [7, 11) is 0. The second-order valence-electron chi connectivity index (χ2n) is 5.94. The van der Waals surface area contributed by atoms with E-state index >= 15 is 0 Å². The van der Waals surface area contributed by atoms with Gasteiger partial charge in [0.25, 0.3) is 0 Å². The first-order valence-electron chi connectivity index (χ1n) is 7.82. The Hall–Kier alpha value is -1.51. The summed E-state index contributed by atoms with van der Waals surface area (Å²) in [6.07, 6.45) is 8.32. The Bertz CT molecular complexity index is 436. The predicted molar refractivity (Wildman–Crippen MR) is 83.2 cm³/mol. The summed E-state index contributed by atoms with van der Waals surface area (Å²) >= 11 is 0. The standard InChI is InChI=1S/C17H26N2O/c1-13(15-10-7-11-16(18)12-15)19-17(20)14-8-5-3-2-4-6-9-14/h7,10-14H,2-6,8-9,18H2,1H3,(H,19,20). The van der Waals surface area contributed by atoms with Crippen molar-refractivity contribution in [2.75, 3.05) is 5.73 Å². The van der Waals surface area contributed by atoms with Gasteiger partial charge in [0.15, 0.2) is 0 Å². The van der Waals surface area contributed by atoms with Crippen LogP contribution in [0.15, 0.2) is 24.3 Å². The second kappa shape index (κ2) is 7.32. The van der Waals surface area contributed by atoms with Gasteiger partial charge in [0.1, 0.15) is 0 Å². The molecule has 0 bridgehead atoms. The van der Waals surface area contributed by atoms with Crippen LogP contribution in [0.3, 0.4) is 0 Å². The number of nitrogen functional groups attached to an aromatic ring is 1. The first-order chi connectivity index (χ1) is 9.66. The molecule has 1 saturated carbocycles. The van der Waals surface area contributed by atoms with Crippen molar-refractivity contribution in [3.05, 3.63) is 29.8 Å². The average Bonchev–Trinajstić information content (AvgIpc) is 2.38. The fraction of sp³-hybridized carbons (Fsp3) is 0.588. The van der Waals surface area contributed by atoms with Gasteiger partial charge in [-0.2, -0.15) is 0 Å². The van der Waals surface area contributed by atoms with Crippen LogP contribution in [0.25, 0.3) is 0 Å². The van der Waals surface area contributed by atoms with Crippen molar-refractivity contribution in [2.24, 2.45) is 5.92 Å². The summed E-state index contributed by atoms with van der Waals surface area (Å²) in [4.78, 5) is 12.4. The number of anilines is 1. The molecule has 0 aromatic heterocycles. The van der Waals surface area contributed by atoms with Gasteiger partial charge in [-0.1, -0.05) is 44.2 Å². The van der Waals surface area contributed by atoms with Crippen LogP contribution in [0.4, 0.5) is 5.69 Å². The van der Waals surface area contributed by atoms with E-state index in [0.29, 0.717) is 0 Å². The van der Waals surface area contributed by atoms with Crippen molar-refractivity contribution in [1.82, 2.24) is 5.32 Å². The van der Waals surface area contributed by atoms with Crippen LogP contribution in [0.5, 0.6) is 0 Å². The number of carbonyl (C=O) groups excluding carboxylic acids is 1. The van der Waals surface area contributed by atoms with E-state index < -0.39 is 0 Å². The van der Waals surface area contributed by atoms with Gasteiger partial charge >= 0.3 is 0 Å². The Morgan fingerprint density at radius 3 is 2.50 bits per heavy atom. The normalized spacial score (nSPS) is 18.9. The van der Waals surface area contributed by atoms with Gasteiger partial charge in [0, 0.05) is 11.6 Å². The van der Waals surface area contributed by atoms with Crippen LogP contribution in [0.2, 0.25) is 0 Å². The van der Waals surface area contributed by atoms with Gasteiger partial charge in [-0.15, -0.1) is 0 Å². The lowest BCUT2D eigenvalue weighted by Crippen LogP contribution is -2.33. The highest BCUT2D eigenvalue weighted by Crippen LogP contribution is 2.23. The molecule has 3 heteroatoms. The first kappa shape index (κ1) is 14.9. The molecule has 110 valence electrons. The van der Waals surface area contributed by atoms with Crippen molar-refractivity contribution in [3.63, 3.8) is 0 Å². The predicted octanol–water partition coefficient (Wildman–Crippen LogP) is 3.81. The van der Waals surface area contributed by atoms with Gasteiger partial charge in [0.05, 0.1) is 6.04 Å². The molecule has 0 aliphatic heterocycles. The van der Waals surface area contributed by atoms with Crippen molar-refractivity contribution < 1.29 is 4.79 Å². The van der Waals surface area contributed by atoms with Crippen molar-refractivity contribution in [3.8, 4) is 0 Å². The number of carbonyl (C=O) groups is 1. The quantitative estimate of drug-likeness (QED) is 0.824. The molecule has 1 aromatic rings. The van der Waals surface area contributed by atoms with Gasteiger partial charge in [-0.25, -0.2) is 0 Å². The fourth-order valence-corrected chi connectivity index (χ4v) is 2.96. The fourth-order valence-electron chi connectivity index (χ4n) is 2.96. The molecule has 3 nitrogen and oxygen atoms in total. The number of amides is 1. The molecule has 2 rings (SSSR count).